The number of aromatic nitrogens is 4. The van der Waals surface area contributed by atoms with Gasteiger partial charge in [-0.05, 0) is 57.1 Å². The third-order valence-corrected chi connectivity index (χ3v) is 8.19. The van der Waals surface area contributed by atoms with Crippen molar-refractivity contribution in [3.05, 3.63) is 33.9 Å². The molecule has 1 aromatic carbocycles. The summed E-state index contributed by atoms with van der Waals surface area (Å²) in [5.41, 5.74) is 7.14. The summed E-state index contributed by atoms with van der Waals surface area (Å²) in [6.45, 7) is 1.91. The maximum atomic E-state index is 12.0. The number of nitrogens with one attached hydrogen (secondary N) is 2. The van der Waals surface area contributed by atoms with Crippen molar-refractivity contribution in [2.24, 2.45) is 11.1 Å². The Bertz CT molecular complexity index is 1370. The molecule has 0 bridgehead atoms. The quantitative estimate of drug-likeness (QED) is 0.349. The van der Waals surface area contributed by atoms with Gasteiger partial charge in [-0.2, -0.15) is 10.2 Å². The number of nitriles is 1. The number of aliphatic hydroxyl groups is 1. The molecule has 2 aliphatic rings. The standard InChI is InChI=1S/C25H28Cl2N8O2/c1-25(22(29)37)6-4-15(5-7-25)35-21-19(12-30-23(34-21)31-14-2-3-16(36)10-14)32-24(35)33-20-17(26)8-13(11-28)9-18(20)27/h8-9,12,14-16,36H,2-7,10H2,1H3,(H2,29,37)(H,32,33)(H,30,31,34)/t14?,15?,16-,25?/m1/s1. The van der Waals surface area contributed by atoms with Crippen LogP contribution >= 0.6 is 23.2 Å². The van der Waals surface area contributed by atoms with Gasteiger partial charge in [-0.25, -0.2) is 9.97 Å². The zero-order valence-corrected chi connectivity index (χ0v) is 21.9. The molecule has 0 radical (unpaired) electrons. The fraction of sp³-hybridized carbons (Fsp3) is 0.480. The number of halogens is 2. The average molecular weight is 543 g/mol. The van der Waals surface area contributed by atoms with E-state index in [9.17, 15) is 15.2 Å². The highest BCUT2D eigenvalue weighted by atomic mass is 35.5. The normalized spacial score (nSPS) is 25.6. The zero-order valence-electron chi connectivity index (χ0n) is 20.3. The van der Waals surface area contributed by atoms with E-state index in [0.29, 0.717) is 76.5 Å². The number of fused-ring (bicyclic) bond motifs is 1. The van der Waals surface area contributed by atoms with Crippen molar-refractivity contribution >= 4 is 57.9 Å². The topological polar surface area (TPSA) is 155 Å². The van der Waals surface area contributed by atoms with Gasteiger partial charge >= 0.3 is 0 Å². The van der Waals surface area contributed by atoms with Crippen molar-refractivity contribution in [3.63, 3.8) is 0 Å². The second-order valence-corrected chi connectivity index (χ2v) is 11.0. The van der Waals surface area contributed by atoms with Crippen LogP contribution in [0, 0.1) is 16.7 Å². The first-order chi connectivity index (χ1) is 17.7. The molecule has 2 aromatic heterocycles. The lowest BCUT2D eigenvalue weighted by Gasteiger charge is -2.35. The summed E-state index contributed by atoms with van der Waals surface area (Å²) in [6.07, 6.45) is 6.28. The SMILES string of the molecule is CC1(C(N)=O)CCC(n2c(Nc3c(Cl)cc(C#N)cc3Cl)nc3cnc(NC4CC[C@@H](O)C4)nc32)CC1. The number of anilines is 3. The average Bonchev–Trinajstić information content (AvgIpc) is 3.44. The molecule has 5 rings (SSSR count). The number of carbonyl (C=O) groups is 1. The van der Waals surface area contributed by atoms with Crippen LogP contribution < -0.4 is 16.4 Å². The van der Waals surface area contributed by atoms with Crippen LogP contribution in [0.2, 0.25) is 10.0 Å². The van der Waals surface area contributed by atoms with Crippen LogP contribution in [0.3, 0.4) is 0 Å². The van der Waals surface area contributed by atoms with Crippen LogP contribution in [0.15, 0.2) is 18.3 Å². The predicted molar refractivity (Wildman–Crippen MR) is 142 cm³/mol. The van der Waals surface area contributed by atoms with Crippen LogP contribution in [0.25, 0.3) is 11.2 Å². The summed E-state index contributed by atoms with van der Waals surface area (Å²) in [5.74, 6) is 0.661. The van der Waals surface area contributed by atoms with E-state index in [-0.39, 0.29) is 24.1 Å². The Kier molecular flexibility index (Phi) is 6.88. The molecule has 0 spiro atoms. The van der Waals surface area contributed by atoms with E-state index in [4.69, 9.17) is 38.9 Å². The highest BCUT2D eigenvalue weighted by Gasteiger charge is 2.38. The number of hydrogen-bond acceptors (Lipinski definition) is 8. The Morgan fingerprint density at radius 3 is 2.51 bits per heavy atom. The number of carbonyl (C=O) groups excluding carboxylic acids is 1. The molecule has 10 nitrogen and oxygen atoms in total. The molecule has 194 valence electrons. The molecule has 37 heavy (non-hydrogen) atoms. The highest BCUT2D eigenvalue weighted by molar-refractivity contribution is 6.39. The van der Waals surface area contributed by atoms with Crippen molar-refractivity contribution in [1.82, 2.24) is 19.5 Å². The number of benzene rings is 1. The van der Waals surface area contributed by atoms with Gasteiger partial charge < -0.3 is 21.5 Å². The van der Waals surface area contributed by atoms with E-state index >= 15 is 0 Å². The maximum Gasteiger partial charge on any atom is 0.224 e. The van der Waals surface area contributed by atoms with E-state index in [2.05, 4.69) is 15.6 Å². The second kappa shape index (κ2) is 9.97. The summed E-state index contributed by atoms with van der Waals surface area (Å²) < 4.78 is 2.01. The number of imidazole rings is 1. The van der Waals surface area contributed by atoms with E-state index in [1.807, 2.05) is 17.6 Å². The minimum absolute atomic E-state index is 0.00749. The molecule has 0 aliphatic heterocycles. The van der Waals surface area contributed by atoms with Gasteiger partial charge in [-0.3, -0.25) is 9.36 Å². The van der Waals surface area contributed by atoms with Crippen LogP contribution in [-0.4, -0.2) is 42.7 Å². The van der Waals surface area contributed by atoms with Gasteiger partial charge in [0.25, 0.3) is 0 Å². The molecule has 1 unspecified atom stereocenters. The smallest absolute Gasteiger partial charge is 0.224 e. The first kappa shape index (κ1) is 25.5. The Balaban J connectivity index is 1.54. The summed E-state index contributed by atoms with van der Waals surface area (Å²) in [5, 5.41) is 26.3. The predicted octanol–water partition coefficient (Wildman–Crippen LogP) is 4.68. The first-order valence-electron chi connectivity index (χ1n) is 12.3. The summed E-state index contributed by atoms with van der Waals surface area (Å²) in [7, 11) is 0. The number of hydrogen-bond donors (Lipinski definition) is 4. The van der Waals surface area contributed by atoms with Crippen molar-refractivity contribution < 1.29 is 9.90 Å². The minimum Gasteiger partial charge on any atom is -0.393 e. The van der Waals surface area contributed by atoms with Crippen LogP contribution in [0.1, 0.15) is 63.5 Å². The van der Waals surface area contributed by atoms with Crippen molar-refractivity contribution in [1.29, 1.82) is 5.26 Å². The van der Waals surface area contributed by atoms with Crippen molar-refractivity contribution in [3.8, 4) is 6.07 Å². The van der Waals surface area contributed by atoms with Gasteiger partial charge in [0.05, 0.1) is 39.7 Å². The van der Waals surface area contributed by atoms with E-state index in [0.717, 1.165) is 12.8 Å². The Morgan fingerprint density at radius 1 is 1.22 bits per heavy atom. The van der Waals surface area contributed by atoms with Gasteiger partial charge in [-0.15, -0.1) is 0 Å². The number of aliphatic hydroxyl groups excluding tert-OH is 1. The zero-order chi connectivity index (χ0) is 26.3. The fourth-order valence-electron chi connectivity index (χ4n) is 5.28. The van der Waals surface area contributed by atoms with E-state index < -0.39 is 5.41 Å². The van der Waals surface area contributed by atoms with E-state index in [1.165, 1.54) is 0 Å². The van der Waals surface area contributed by atoms with Crippen molar-refractivity contribution in [2.75, 3.05) is 10.6 Å². The number of nitrogens with two attached hydrogens (primary N) is 1. The van der Waals surface area contributed by atoms with Gasteiger partial charge in [0.2, 0.25) is 17.8 Å². The number of primary amides is 1. The summed E-state index contributed by atoms with van der Waals surface area (Å²) in [6, 6.07) is 5.22. The number of amides is 1. The third-order valence-electron chi connectivity index (χ3n) is 7.60. The van der Waals surface area contributed by atoms with Gasteiger partial charge in [0.15, 0.2) is 5.65 Å². The number of rotatable bonds is 6. The Labute approximate surface area is 224 Å². The largest absolute Gasteiger partial charge is 0.393 e. The molecule has 1 amide bonds. The molecular weight excluding hydrogens is 515 g/mol. The van der Waals surface area contributed by atoms with Crippen LogP contribution in [-0.2, 0) is 4.79 Å². The molecule has 0 saturated heterocycles. The molecule has 2 fully saturated rings. The van der Waals surface area contributed by atoms with Crippen LogP contribution in [0.5, 0.6) is 0 Å². The lowest BCUT2D eigenvalue weighted by molar-refractivity contribution is -0.128. The lowest BCUT2D eigenvalue weighted by Crippen LogP contribution is -2.38. The third kappa shape index (κ3) is 5.04. The molecule has 2 aliphatic carbocycles. The fourth-order valence-corrected chi connectivity index (χ4v) is 5.86. The Hall–Kier alpha value is -3.13. The summed E-state index contributed by atoms with van der Waals surface area (Å²) in [4.78, 5) is 26.0. The van der Waals surface area contributed by atoms with Gasteiger partial charge in [0.1, 0.15) is 5.52 Å². The highest BCUT2D eigenvalue weighted by Crippen LogP contribution is 2.43. The maximum absolute atomic E-state index is 12.0. The molecular formula is C25H28Cl2N8O2. The van der Waals surface area contributed by atoms with Crippen LogP contribution in [0.4, 0.5) is 17.6 Å². The molecule has 2 heterocycles. The number of nitrogens with zero attached hydrogens (tertiary/aromatic N) is 5. The lowest BCUT2D eigenvalue weighted by atomic mass is 9.73. The molecule has 5 N–H and O–H groups in total. The first-order valence-corrected chi connectivity index (χ1v) is 13.1. The monoisotopic (exact) mass is 542 g/mol. The Morgan fingerprint density at radius 2 is 1.92 bits per heavy atom. The van der Waals surface area contributed by atoms with Gasteiger partial charge in [-0.1, -0.05) is 30.1 Å². The minimum atomic E-state index is -0.550. The second-order valence-electron chi connectivity index (χ2n) is 10.2. The van der Waals surface area contributed by atoms with Crippen molar-refractivity contribution in [2.45, 2.75) is 70.1 Å². The summed E-state index contributed by atoms with van der Waals surface area (Å²) >= 11 is 12.9. The molecule has 2 saturated carbocycles. The molecule has 2 atom stereocenters. The molecule has 3 aromatic rings. The molecule has 12 heteroatoms. The van der Waals surface area contributed by atoms with Gasteiger partial charge in [0, 0.05) is 17.5 Å². The van der Waals surface area contributed by atoms with E-state index in [1.54, 1.807) is 18.3 Å².